The molecule has 1 aliphatic rings. The summed E-state index contributed by atoms with van der Waals surface area (Å²) in [6.45, 7) is 2.44. The van der Waals surface area contributed by atoms with Gasteiger partial charge in [-0.2, -0.15) is 11.8 Å². The molecule has 1 atom stereocenters. The fraction of sp³-hybridized carbons (Fsp3) is 0.444. The first-order chi connectivity index (χ1) is 12.4. The Bertz CT molecular complexity index is 897. The molecule has 1 fully saturated rings. The largest absolute Gasteiger partial charge is 0.481 e. The van der Waals surface area contributed by atoms with Crippen LogP contribution in [0.5, 0.6) is 0 Å². The molecular formula is C18H21N3O4S. The number of fused-ring (bicyclic) bond motifs is 1. The van der Waals surface area contributed by atoms with Gasteiger partial charge in [0.25, 0.3) is 5.56 Å². The van der Waals surface area contributed by atoms with Gasteiger partial charge in [0, 0.05) is 25.3 Å². The molecule has 0 saturated carbocycles. The van der Waals surface area contributed by atoms with Crippen LogP contribution in [0.25, 0.3) is 10.9 Å². The number of thioether (sulfide) groups is 1. The lowest BCUT2D eigenvalue weighted by Crippen LogP contribution is -2.35. The van der Waals surface area contributed by atoms with Crippen molar-refractivity contribution in [2.75, 3.05) is 18.8 Å². The van der Waals surface area contributed by atoms with Crippen molar-refractivity contribution in [3.05, 3.63) is 40.4 Å². The van der Waals surface area contributed by atoms with Crippen molar-refractivity contribution in [3.8, 4) is 0 Å². The summed E-state index contributed by atoms with van der Waals surface area (Å²) in [6.07, 6.45) is 0.835. The molecule has 1 aromatic heterocycles. The van der Waals surface area contributed by atoms with E-state index in [1.54, 1.807) is 30.0 Å². The second-order valence-electron chi connectivity index (χ2n) is 6.76. The van der Waals surface area contributed by atoms with Gasteiger partial charge in [-0.05, 0) is 25.5 Å². The summed E-state index contributed by atoms with van der Waals surface area (Å²) in [5, 5.41) is 9.79. The average molecular weight is 375 g/mol. The van der Waals surface area contributed by atoms with E-state index in [0.29, 0.717) is 47.6 Å². The number of amides is 1. The third-order valence-electron chi connectivity index (χ3n) is 4.70. The minimum Gasteiger partial charge on any atom is -0.481 e. The van der Waals surface area contributed by atoms with E-state index in [2.05, 4.69) is 9.97 Å². The number of para-hydroxylation sites is 1. The first kappa shape index (κ1) is 18.4. The molecule has 1 aliphatic heterocycles. The number of aromatic nitrogens is 2. The number of carboxylic acid groups (broad SMARTS) is 1. The summed E-state index contributed by atoms with van der Waals surface area (Å²) < 4.78 is 0. The first-order valence-corrected chi connectivity index (χ1v) is 9.61. The van der Waals surface area contributed by atoms with Crippen molar-refractivity contribution in [3.63, 3.8) is 0 Å². The molecule has 1 aromatic carbocycles. The van der Waals surface area contributed by atoms with Crippen molar-refractivity contribution >= 4 is 34.5 Å². The molecule has 1 amide bonds. The third-order valence-corrected chi connectivity index (χ3v) is 5.67. The van der Waals surface area contributed by atoms with Gasteiger partial charge in [0.2, 0.25) is 5.91 Å². The number of hydrogen-bond acceptors (Lipinski definition) is 5. The standard InChI is InChI=1S/C18H21N3O4S/c1-18(17(24)25)7-8-21(11-18)15(22)6-9-26-10-14-19-13-5-3-2-4-12(13)16(23)20-14/h2-5H,6-11H2,1H3,(H,24,25)(H,19,20,23). The summed E-state index contributed by atoms with van der Waals surface area (Å²) in [7, 11) is 0. The van der Waals surface area contributed by atoms with Gasteiger partial charge in [0.05, 0.1) is 22.1 Å². The molecule has 0 spiro atoms. The van der Waals surface area contributed by atoms with Crippen LogP contribution in [0.1, 0.15) is 25.6 Å². The zero-order valence-electron chi connectivity index (χ0n) is 14.5. The van der Waals surface area contributed by atoms with E-state index in [-0.39, 0.29) is 18.0 Å². The molecule has 3 rings (SSSR count). The molecule has 26 heavy (non-hydrogen) atoms. The van der Waals surface area contributed by atoms with E-state index in [9.17, 15) is 19.5 Å². The van der Waals surface area contributed by atoms with Crippen LogP contribution in [0.2, 0.25) is 0 Å². The molecule has 1 saturated heterocycles. The topological polar surface area (TPSA) is 103 Å². The van der Waals surface area contributed by atoms with Crippen LogP contribution in [0.4, 0.5) is 0 Å². The van der Waals surface area contributed by atoms with Crippen molar-refractivity contribution in [2.24, 2.45) is 5.41 Å². The number of likely N-dealkylation sites (tertiary alicyclic amines) is 1. The Morgan fingerprint density at radius 3 is 2.88 bits per heavy atom. The molecule has 0 aliphatic carbocycles. The minimum absolute atomic E-state index is 0.0255. The van der Waals surface area contributed by atoms with Crippen molar-refractivity contribution < 1.29 is 14.7 Å². The van der Waals surface area contributed by atoms with E-state index in [0.717, 1.165) is 0 Å². The van der Waals surface area contributed by atoms with Crippen LogP contribution < -0.4 is 5.56 Å². The van der Waals surface area contributed by atoms with Crippen LogP contribution in [0.15, 0.2) is 29.1 Å². The molecule has 7 nitrogen and oxygen atoms in total. The molecule has 1 unspecified atom stereocenters. The number of H-pyrrole nitrogens is 1. The molecule has 0 radical (unpaired) electrons. The molecule has 138 valence electrons. The highest BCUT2D eigenvalue weighted by atomic mass is 32.2. The number of benzene rings is 1. The molecule has 2 aromatic rings. The Labute approximate surface area is 154 Å². The lowest BCUT2D eigenvalue weighted by molar-refractivity contribution is -0.147. The average Bonchev–Trinajstić information content (AvgIpc) is 3.03. The molecule has 0 bridgehead atoms. The quantitative estimate of drug-likeness (QED) is 0.747. The maximum Gasteiger partial charge on any atom is 0.311 e. The highest BCUT2D eigenvalue weighted by Crippen LogP contribution is 2.30. The number of nitrogens with one attached hydrogen (secondary N) is 1. The van der Waals surface area contributed by atoms with Gasteiger partial charge < -0.3 is 15.0 Å². The Morgan fingerprint density at radius 1 is 1.38 bits per heavy atom. The van der Waals surface area contributed by atoms with Gasteiger partial charge in [-0.1, -0.05) is 12.1 Å². The van der Waals surface area contributed by atoms with E-state index < -0.39 is 11.4 Å². The van der Waals surface area contributed by atoms with Crippen LogP contribution in [0.3, 0.4) is 0 Å². The smallest absolute Gasteiger partial charge is 0.311 e. The summed E-state index contributed by atoms with van der Waals surface area (Å²) in [5.74, 6) is 0.817. The number of rotatable bonds is 6. The number of aromatic amines is 1. The Kier molecular flexibility index (Phi) is 5.31. The number of hydrogen-bond donors (Lipinski definition) is 2. The lowest BCUT2D eigenvalue weighted by atomic mass is 9.90. The molecule has 2 N–H and O–H groups in total. The molecular weight excluding hydrogens is 354 g/mol. The van der Waals surface area contributed by atoms with Crippen LogP contribution in [-0.4, -0.2) is 50.7 Å². The van der Waals surface area contributed by atoms with Crippen molar-refractivity contribution in [1.82, 2.24) is 14.9 Å². The lowest BCUT2D eigenvalue weighted by Gasteiger charge is -2.20. The monoisotopic (exact) mass is 375 g/mol. The van der Waals surface area contributed by atoms with Gasteiger partial charge >= 0.3 is 5.97 Å². The van der Waals surface area contributed by atoms with E-state index in [1.165, 1.54) is 11.8 Å². The highest BCUT2D eigenvalue weighted by Gasteiger charge is 2.41. The van der Waals surface area contributed by atoms with Crippen molar-refractivity contribution in [2.45, 2.75) is 25.5 Å². The normalized spacial score (nSPS) is 19.8. The summed E-state index contributed by atoms with van der Waals surface area (Å²) >= 11 is 1.52. The van der Waals surface area contributed by atoms with Gasteiger partial charge in [-0.15, -0.1) is 0 Å². The fourth-order valence-electron chi connectivity index (χ4n) is 3.04. The maximum atomic E-state index is 12.2. The Morgan fingerprint density at radius 2 is 2.15 bits per heavy atom. The minimum atomic E-state index is -0.853. The van der Waals surface area contributed by atoms with Crippen LogP contribution >= 0.6 is 11.8 Å². The van der Waals surface area contributed by atoms with Gasteiger partial charge in [-0.25, -0.2) is 4.98 Å². The first-order valence-electron chi connectivity index (χ1n) is 8.46. The number of carbonyl (C=O) groups excluding carboxylic acids is 1. The predicted octanol–water partition coefficient (Wildman–Crippen LogP) is 1.87. The van der Waals surface area contributed by atoms with Gasteiger partial charge in [0.15, 0.2) is 0 Å². The van der Waals surface area contributed by atoms with E-state index in [1.807, 2.05) is 6.07 Å². The van der Waals surface area contributed by atoms with Crippen LogP contribution in [-0.2, 0) is 15.3 Å². The van der Waals surface area contributed by atoms with Gasteiger partial charge in [0.1, 0.15) is 5.82 Å². The van der Waals surface area contributed by atoms with E-state index in [4.69, 9.17) is 0 Å². The van der Waals surface area contributed by atoms with Gasteiger partial charge in [-0.3, -0.25) is 14.4 Å². The summed E-state index contributed by atoms with van der Waals surface area (Å²) in [6, 6.07) is 7.17. The molecule has 8 heteroatoms. The number of carboxylic acids is 1. The Balaban J connectivity index is 1.49. The second kappa shape index (κ2) is 7.49. The number of carbonyl (C=O) groups is 2. The third kappa shape index (κ3) is 3.90. The predicted molar refractivity (Wildman–Crippen MR) is 100 cm³/mol. The molecule has 2 heterocycles. The number of aliphatic carboxylic acids is 1. The highest BCUT2D eigenvalue weighted by molar-refractivity contribution is 7.98. The maximum absolute atomic E-state index is 12.2. The number of nitrogens with zero attached hydrogens (tertiary/aromatic N) is 2. The fourth-order valence-corrected chi connectivity index (χ4v) is 3.83. The van der Waals surface area contributed by atoms with Crippen LogP contribution in [0, 0.1) is 5.41 Å². The Hall–Kier alpha value is -2.35. The van der Waals surface area contributed by atoms with Crippen molar-refractivity contribution in [1.29, 1.82) is 0 Å². The second-order valence-corrected chi connectivity index (χ2v) is 7.87. The zero-order chi connectivity index (χ0) is 18.7. The zero-order valence-corrected chi connectivity index (χ0v) is 15.3. The summed E-state index contributed by atoms with van der Waals surface area (Å²) in [5.41, 5.74) is -0.336. The summed E-state index contributed by atoms with van der Waals surface area (Å²) in [4.78, 5) is 44.3. The van der Waals surface area contributed by atoms with E-state index >= 15 is 0 Å². The SMILES string of the molecule is CC1(C(=O)O)CCN(C(=O)CCSCc2nc3ccccc3c(=O)[nH]2)C1.